The minimum absolute atomic E-state index is 0.533. The van der Waals surface area contributed by atoms with Crippen molar-refractivity contribution >= 4 is 15.9 Å². The molecule has 0 atom stereocenters. The molecule has 0 N–H and O–H groups in total. The molecule has 1 aliphatic carbocycles. The molecule has 2 nitrogen and oxygen atoms in total. The Hall–Kier alpha value is -1.79. The van der Waals surface area contributed by atoms with Crippen molar-refractivity contribution in [1.82, 2.24) is 0 Å². The predicted molar refractivity (Wildman–Crippen MR) is 82.0 cm³/mol. The van der Waals surface area contributed by atoms with E-state index >= 15 is 0 Å². The Labute approximate surface area is 127 Å². The second kappa shape index (κ2) is 5.68. The van der Waals surface area contributed by atoms with E-state index in [1.165, 1.54) is 24.0 Å². The Morgan fingerprint density at radius 1 is 1.05 bits per heavy atom. The van der Waals surface area contributed by atoms with E-state index in [0.29, 0.717) is 11.3 Å². The summed E-state index contributed by atoms with van der Waals surface area (Å²) in [5.41, 5.74) is 3.34. The summed E-state index contributed by atoms with van der Waals surface area (Å²) >= 11 is 3.38. The van der Waals surface area contributed by atoms with Crippen molar-refractivity contribution in [3.05, 3.63) is 57.6 Å². The second-order valence-electron chi connectivity index (χ2n) is 4.96. The van der Waals surface area contributed by atoms with Crippen LogP contribution in [0.1, 0.15) is 29.5 Å². The standard InChI is InChI=1S/C17H14BrNO/c18-16-6-3-7-17(15(16)11-19)20-14-9-8-12-4-1-2-5-13(12)10-14/h3,6-10H,1-2,4-5H2. The SMILES string of the molecule is N#Cc1c(Br)cccc1Oc1ccc2c(c1)CCCC2. The van der Waals surface area contributed by atoms with Gasteiger partial charge >= 0.3 is 0 Å². The summed E-state index contributed by atoms with van der Waals surface area (Å²) in [5.74, 6) is 1.40. The summed E-state index contributed by atoms with van der Waals surface area (Å²) in [6, 6.07) is 14.0. The van der Waals surface area contributed by atoms with E-state index in [4.69, 9.17) is 4.74 Å². The number of halogens is 1. The maximum Gasteiger partial charge on any atom is 0.146 e. The first-order valence-corrected chi connectivity index (χ1v) is 7.55. The van der Waals surface area contributed by atoms with Gasteiger partial charge in [-0.15, -0.1) is 0 Å². The Balaban J connectivity index is 1.92. The number of nitriles is 1. The van der Waals surface area contributed by atoms with E-state index in [0.717, 1.165) is 23.1 Å². The van der Waals surface area contributed by atoms with Crippen molar-refractivity contribution in [2.45, 2.75) is 25.7 Å². The molecule has 0 unspecified atom stereocenters. The van der Waals surface area contributed by atoms with Crippen molar-refractivity contribution in [3.63, 3.8) is 0 Å². The van der Waals surface area contributed by atoms with E-state index in [1.807, 2.05) is 24.3 Å². The van der Waals surface area contributed by atoms with Crippen LogP contribution >= 0.6 is 15.9 Å². The Morgan fingerprint density at radius 3 is 2.65 bits per heavy atom. The number of fused-ring (bicyclic) bond motifs is 1. The molecule has 100 valence electrons. The maximum atomic E-state index is 9.21. The van der Waals surface area contributed by atoms with Crippen LogP contribution in [-0.4, -0.2) is 0 Å². The van der Waals surface area contributed by atoms with Crippen LogP contribution in [0.3, 0.4) is 0 Å². The minimum Gasteiger partial charge on any atom is -0.456 e. The number of hydrogen-bond acceptors (Lipinski definition) is 2. The smallest absolute Gasteiger partial charge is 0.146 e. The molecule has 0 saturated carbocycles. The van der Waals surface area contributed by atoms with Crippen molar-refractivity contribution in [2.24, 2.45) is 0 Å². The van der Waals surface area contributed by atoms with Gasteiger partial charge in [0.1, 0.15) is 23.1 Å². The van der Waals surface area contributed by atoms with Gasteiger partial charge in [0.05, 0.1) is 0 Å². The molecule has 3 heteroatoms. The van der Waals surface area contributed by atoms with E-state index in [9.17, 15) is 5.26 Å². The van der Waals surface area contributed by atoms with Gasteiger partial charge in [-0.25, -0.2) is 0 Å². The lowest BCUT2D eigenvalue weighted by atomic mass is 9.92. The molecule has 2 aromatic carbocycles. The Bertz CT molecular complexity index is 688. The molecule has 0 fully saturated rings. The fourth-order valence-corrected chi connectivity index (χ4v) is 3.03. The van der Waals surface area contributed by atoms with Crippen LogP contribution in [0.4, 0.5) is 0 Å². The number of nitrogens with zero attached hydrogens (tertiary/aromatic N) is 1. The molecule has 0 spiro atoms. The predicted octanol–water partition coefficient (Wildman–Crippen LogP) is 4.99. The largest absolute Gasteiger partial charge is 0.456 e. The van der Waals surface area contributed by atoms with Crippen LogP contribution in [0.2, 0.25) is 0 Å². The third kappa shape index (κ3) is 2.57. The summed E-state index contributed by atoms with van der Waals surface area (Å²) in [6.45, 7) is 0. The van der Waals surface area contributed by atoms with Crippen molar-refractivity contribution in [3.8, 4) is 17.6 Å². The average Bonchev–Trinajstić information content (AvgIpc) is 2.47. The summed E-state index contributed by atoms with van der Waals surface area (Å²) in [6.07, 6.45) is 4.81. The molecule has 0 aromatic heterocycles. The zero-order chi connectivity index (χ0) is 13.9. The monoisotopic (exact) mass is 327 g/mol. The van der Waals surface area contributed by atoms with Gasteiger partial charge in [0, 0.05) is 4.47 Å². The average molecular weight is 328 g/mol. The zero-order valence-corrected chi connectivity index (χ0v) is 12.6. The van der Waals surface area contributed by atoms with Crippen LogP contribution in [0.25, 0.3) is 0 Å². The van der Waals surface area contributed by atoms with Gasteiger partial charge < -0.3 is 4.74 Å². The highest BCUT2D eigenvalue weighted by Gasteiger charge is 2.12. The second-order valence-corrected chi connectivity index (χ2v) is 5.82. The zero-order valence-electron chi connectivity index (χ0n) is 11.0. The number of aryl methyl sites for hydroxylation is 2. The lowest BCUT2D eigenvalue weighted by Gasteiger charge is -2.17. The first kappa shape index (κ1) is 13.2. The fraction of sp³-hybridized carbons (Fsp3) is 0.235. The summed E-state index contributed by atoms with van der Waals surface area (Å²) in [7, 11) is 0. The molecule has 1 aliphatic rings. The van der Waals surface area contributed by atoms with Gasteiger partial charge in [-0.1, -0.05) is 12.1 Å². The topological polar surface area (TPSA) is 33.0 Å². The molecule has 0 heterocycles. The first-order chi connectivity index (χ1) is 9.78. The van der Waals surface area contributed by atoms with Gasteiger partial charge in [-0.05, 0) is 77.0 Å². The molecule has 0 radical (unpaired) electrons. The highest BCUT2D eigenvalue weighted by atomic mass is 79.9. The van der Waals surface area contributed by atoms with Crippen LogP contribution in [-0.2, 0) is 12.8 Å². The molecule has 3 rings (SSSR count). The summed E-state index contributed by atoms with van der Waals surface area (Å²) in [5, 5.41) is 9.21. The molecule has 2 aromatic rings. The van der Waals surface area contributed by atoms with Gasteiger partial charge in [-0.2, -0.15) is 5.26 Å². The Kier molecular flexibility index (Phi) is 3.75. The van der Waals surface area contributed by atoms with Crippen molar-refractivity contribution < 1.29 is 4.74 Å². The lowest BCUT2D eigenvalue weighted by molar-refractivity contribution is 0.479. The van der Waals surface area contributed by atoms with E-state index < -0.39 is 0 Å². The molecule has 0 aliphatic heterocycles. The van der Waals surface area contributed by atoms with E-state index in [1.54, 1.807) is 0 Å². The number of rotatable bonds is 2. The van der Waals surface area contributed by atoms with Gasteiger partial charge in [0.25, 0.3) is 0 Å². The van der Waals surface area contributed by atoms with Gasteiger partial charge in [-0.3, -0.25) is 0 Å². The normalized spacial score (nSPS) is 13.4. The van der Waals surface area contributed by atoms with Crippen molar-refractivity contribution in [1.29, 1.82) is 5.26 Å². The van der Waals surface area contributed by atoms with Crippen LogP contribution in [0.15, 0.2) is 40.9 Å². The maximum absolute atomic E-state index is 9.21. The van der Waals surface area contributed by atoms with Gasteiger partial charge in [0.15, 0.2) is 0 Å². The van der Waals surface area contributed by atoms with Crippen molar-refractivity contribution in [2.75, 3.05) is 0 Å². The molecule has 0 saturated heterocycles. The number of hydrogen-bond donors (Lipinski definition) is 0. The summed E-state index contributed by atoms with van der Waals surface area (Å²) in [4.78, 5) is 0. The van der Waals surface area contributed by atoms with E-state index in [2.05, 4.69) is 34.1 Å². The molecule has 20 heavy (non-hydrogen) atoms. The van der Waals surface area contributed by atoms with E-state index in [-0.39, 0.29) is 0 Å². The number of ether oxygens (including phenoxy) is 1. The van der Waals surface area contributed by atoms with Gasteiger partial charge in [0.2, 0.25) is 0 Å². The van der Waals surface area contributed by atoms with Crippen LogP contribution in [0.5, 0.6) is 11.5 Å². The van der Waals surface area contributed by atoms with Crippen LogP contribution in [0, 0.1) is 11.3 Å². The Morgan fingerprint density at radius 2 is 1.85 bits per heavy atom. The highest BCUT2D eigenvalue weighted by molar-refractivity contribution is 9.10. The number of benzene rings is 2. The summed E-state index contributed by atoms with van der Waals surface area (Å²) < 4.78 is 6.65. The molecule has 0 amide bonds. The molecular weight excluding hydrogens is 314 g/mol. The first-order valence-electron chi connectivity index (χ1n) is 6.76. The third-order valence-corrected chi connectivity index (χ3v) is 4.30. The third-order valence-electron chi connectivity index (χ3n) is 3.63. The lowest BCUT2D eigenvalue weighted by Crippen LogP contribution is -2.02. The molecular formula is C17H14BrNO. The fourth-order valence-electron chi connectivity index (χ4n) is 2.60. The minimum atomic E-state index is 0.533. The highest BCUT2D eigenvalue weighted by Crippen LogP contribution is 2.32. The quantitative estimate of drug-likeness (QED) is 0.778. The molecule has 0 bridgehead atoms. The van der Waals surface area contributed by atoms with Crippen LogP contribution < -0.4 is 4.74 Å².